The first kappa shape index (κ1) is 14.4. The molecule has 0 heterocycles. The molecule has 0 N–H and O–H groups in total. The fourth-order valence-corrected chi connectivity index (χ4v) is 3.78. The van der Waals surface area contributed by atoms with E-state index in [-0.39, 0.29) is 5.41 Å². The van der Waals surface area contributed by atoms with Gasteiger partial charge in [-0.2, -0.15) is 0 Å². The van der Waals surface area contributed by atoms with Crippen LogP contribution in [0.15, 0.2) is 0 Å². The average molecular weight is 246 g/mol. The van der Waals surface area contributed by atoms with Crippen LogP contribution < -0.4 is 0 Å². The van der Waals surface area contributed by atoms with Gasteiger partial charge in [0.15, 0.2) is 0 Å². The molecule has 0 nitrogen and oxygen atoms in total. The molecule has 1 rings (SSSR count). The van der Waals surface area contributed by atoms with Crippen molar-refractivity contribution in [1.29, 1.82) is 0 Å². The molecule has 0 aromatic carbocycles. The smallest absolute Gasteiger partial charge is 0.109 e. The number of rotatable bonds is 2. The van der Waals surface area contributed by atoms with Gasteiger partial charge in [-0.15, -0.1) is 9.24 Å². The number of hydrogen-bond acceptors (Lipinski definition) is 0. The minimum Gasteiger partial charge on any atom is -0.244 e. The van der Waals surface area contributed by atoms with Crippen LogP contribution in [0.2, 0.25) is 0 Å². The van der Waals surface area contributed by atoms with E-state index >= 15 is 0 Å². The molecule has 6 unspecified atom stereocenters. The predicted molar refractivity (Wildman–Crippen MR) is 73.6 cm³/mol. The Morgan fingerprint density at radius 1 is 1.38 bits per heavy atom. The van der Waals surface area contributed by atoms with Gasteiger partial charge in [0.25, 0.3) is 0 Å². The summed E-state index contributed by atoms with van der Waals surface area (Å²) in [4.78, 5) is 0. The molecule has 96 valence electrons. The summed E-state index contributed by atoms with van der Waals surface area (Å²) in [5.41, 5.74) is -0.358. The third-order valence-corrected chi connectivity index (χ3v) is 5.48. The SMILES string of the molecule is CCC1CC(C)(F)CC(C)(C(C)P)CC1C. The summed E-state index contributed by atoms with van der Waals surface area (Å²) in [6.07, 6.45) is 3.74. The average Bonchev–Trinajstić information content (AvgIpc) is 2.20. The molecule has 2 heteroatoms. The van der Waals surface area contributed by atoms with Crippen molar-refractivity contribution >= 4 is 9.24 Å². The van der Waals surface area contributed by atoms with Crippen LogP contribution in [0, 0.1) is 17.3 Å². The van der Waals surface area contributed by atoms with Crippen molar-refractivity contribution in [3.63, 3.8) is 0 Å². The van der Waals surface area contributed by atoms with E-state index in [9.17, 15) is 4.39 Å². The van der Waals surface area contributed by atoms with Gasteiger partial charge in [-0.1, -0.05) is 34.1 Å². The van der Waals surface area contributed by atoms with E-state index in [4.69, 9.17) is 0 Å². The van der Waals surface area contributed by atoms with Gasteiger partial charge in [0.2, 0.25) is 0 Å². The second kappa shape index (κ2) is 4.92. The molecule has 6 atom stereocenters. The van der Waals surface area contributed by atoms with Crippen molar-refractivity contribution in [2.75, 3.05) is 0 Å². The molecular weight excluding hydrogens is 218 g/mol. The highest BCUT2D eigenvalue weighted by Gasteiger charge is 2.44. The summed E-state index contributed by atoms with van der Waals surface area (Å²) >= 11 is 0. The molecule has 0 spiro atoms. The topological polar surface area (TPSA) is 0 Å². The normalized spacial score (nSPS) is 47.4. The van der Waals surface area contributed by atoms with E-state index in [0.29, 0.717) is 23.9 Å². The summed E-state index contributed by atoms with van der Waals surface area (Å²) in [7, 11) is 2.88. The van der Waals surface area contributed by atoms with Crippen molar-refractivity contribution in [2.45, 2.75) is 71.6 Å². The molecule has 0 aromatic heterocycles. The highest BCUT2D eigenvalue weighted by atomic mass is 31.0. The summed E-state index contributed by atoms with van der Waals surface area (Å²) in [6.45, 7) is 10.8. The maximum Gasteiger partial charge on any atom is 0.109 e. The third kappa shape index (κ3) is 3.19. The molecular formula is C14H28FP. The molecule has 0 bridgehead atoms. The van der Waals surface area contributed by atoms with E-state index in [2.05, 4.69) is 36.9 Å². The van der Waals surface area contributed by atoms with Crippen molar-refractivity contribution in [1.82, 2.24) is 0 Å². The Kier molecular flexibility index (Phi) is 4.44. The lowest BCUT2D eigenvalue weighted by atomic mass is 9.74. The van der Waals surface area contributed by atoms with E-state index < -0.39 is 5.67 Å². The minimum absolute atomic E-state index is 0.136. The highest BCUT2D eigenvalue weighted by Crippen LogP contribution is 2.50. The minimum atomic E-state index is -0.981. The number of hydrogen-bond donors (Lipinski definition) is 0. The van der Waals surface area contributed by atoms with E-state index in [0.717, 1.165) is 19.3 Å². The Balaban J connectivity index is 2.94. The van der Waals surface area contributed by atoms with Crippen molar-refractivity contribution in [2.24, 2.45) is 17.3 Å². The molecule has 1 fully saturated rings. The Labute approximate surface area is 103 Å². The Morgan fingerprint density at radius 3 is 2.38 bits per heavy atom. The van der Waals surface area contributed by atoms with Crippen LogP contribution in [0.5, 0.6) is 0 Å². The number of alkyl halides is 1. The first-order valence-electron chi connectivity index (χ1n) is 6.65. The first-order valence-corrected chi connectivity index (χ1v) is 7.31. The Hall–Kier alpha value is 0.360. The maximum atomic E-state index is 14.6. The van der Waals surface area contributed by atoms with Crippen LogP contribution in [0.1, 0.15) is 60.3 Å². The van der Waals surface area contributed by atoms with Crippen LogP contribution in [0.4, 0.5) is 4.39 Å². The lowest BCUT2D eigenvalue weighted by molar-refractivity contribution is 0.0963. The molecule has 1 aliphatic rings. The maximum absolute atomic E-state index is 14.6. The zero-order valence-corrected chi connectivity index (χ0v) is 12.7. The van der Waals surface area contributed by atoms with Crippen LogP contribution in [-0.2, 0) is 0 Å². The molecule has 0 radical (unpaired) electrons. The molecule has 0 aliphatic heterocycles. The van der Waals surface area contributed by atoms with Gasteiger partial charge in [0.05, 0.1) is 0 Å². The predicted octanol–water partition coefficient (Wildman–Crippen LogP) is 4.83. The zero-order valence-electron chi connectivity index (χ0n) is 11.5. The summed E-state index contributed by atoms with van der Waals surface area (Å²) < 4.78 is 14.6. The van der Waals surface area contributed by atoms with Crippen molar-refractivity contribution in [3.8, 4) is 0 Å². The summed E-state index contributed by atoms with van der Waals surface area (Å²) in [5.74, 6) is 1.20. The summed E-state index contributed by atoms with van der Waals surface area (Å²) in [5, 5.41) is 0. The van der Waals surface area contributed by atoms with Gasteiger partial charge in [-0.25, -0.2) is 4.39 Å². The molecule has 1 saturated carbocycles. The number of halogens is 1. The zero-order chi connectivity index (χ0) is 12.6. The lowest BCUT2D eigenvalue weighted by Gasteiger charge is -2.37. The second-order valence-electron chi connectivity index (χ2n) is 6.59. The van der Waals surface area contributed by atoms with Gasteiger partial charge in [-0.3, -0.25) is 0 Å². The lowest BCUT2D eigenvalue weighted by Crippen LogP contribution is -2.33. The van der Waals surface area contributed by atoms with Gasteiger partial charge >= 0.3 is 0 Å². The second-order valence-corrected chi connectivity index (χ2v) is 7.59. The van der Waals surface area contributed by atoms with Crippen LogP contribution in [0.3, 0.4) is 0 Å². The first-order chi connectivity index (χ1) is 7.20. The van der Waals surface area contributed by atoms with Crippen LogP contribution in [0.25, 0.3) is 0 Å². The van der Waals surface area contributed by atoms with Gasteiger partial charge in [0, 0.05) is 0 Å². The van der Waals surface area contributed by atoms with Crippen LogP contribution in [-0.4, -0.2) is 11.3 Å². The molecule has 0 saturated heterocycles. The van der Waals surface area contributed by atoms with Gasteiger partial charge < -0.3 is 0 Å². The van der Waals surface area contributed by atoms with Gasteiger partial charge in [0.1, 0.15) is 5.67 Å². The van der Waals surface area contributed by atoms with E-state index in [1.807, 2.05) is 0 Å². The third-order valence-electron chi connectivity index (χ3n) is 4.68. The van der Waals surface area contributed by atoms with Crippen molar-refractivity contribution in [3.05, 3.63) is 0 Å². The molecule has 0 aromatic rings. The Morgan fingerprint density at radius 2 is 1.94 bits per heavy atom. The fourth-order valence-electron chi connectivity index (χ4n) is 3.53. The van der Waals surface area contributed by atoms with E-state index in [1.54, 1.807) is 6.92 Å². The molecule has 16 heavy (non-hydrogen) atoms. The van der Waals surface area contributed by atoms with Gasteiger partial charge in [-0.05, 0) is 49.1 Å². The fraction of sp³-hybridized carbons (Fsp3) is 1.00. The highest BCUT2D eigenvalue weighted by molar-refractivity contribution is 7.17. The standard InChI is InChI=1S/C14H28FP/c1-6-12-8-14(5,15)9-13(4,11(3)16)7-10(12)2/h10-12H,6-9,16H2,1-5H3. The van der Waals surface area contributed by atoms with Crippen LogP contribution >= 0.6 is 9.24 Å². The molecule has 1 aliphatic carbocycles. The van der Waals surface area contributed by atoms with E-state index in [1.165, 1.54) is 0 Å². The van der Waals surface area contributed by atoms with Crippen molar-refractivity contribution < 1.29 is 4.39 Å². The summed E-state index contributed by atoms with van der Waals surface area (Å²) in [6, 6.07) is 0. The Bertz CT molecular complexity index is 237. The molecule has 0 amide bonds. The monoisotopic (exact) mass is 246 g/mol. The quantitative estimate of drug-likeness (QED) is 0.483. The largest absolute Gasteiger partial charge is 0.244 e.